The molecule has 2 aromatic heterocycles. The van der Waals surface area contributed by atoms with E-state index in [1.165, 1.54) is 11.4 Å². The highest BCUT2D eigenvalue weighted by molar-refractivity contribution is 7.10. The Morgan fingerprint density at radius 1 is 1.32 bits per heavy atom. The number of nitrogens with zero attached hydrogens (tertiary/aromatic N) is 1. The van der Waals surface area contributed by atoms with Crippen molar-refractivity contribution < 1.29 is 17.9 Å². The molecule has 0 fully saturated rings. The topological polar surface area (TPSA) is 65.9 Å². The molecule has 0 spiro atoms. The molecular formula is C11H5F3N2O2S. The lowest BCUT2D eigenvalue weighted by molar-refractivity contribution is -0.134. The molecule has 2 heterocycles. The first-order valence-corrected chi connectivity index (χ1v) is 5.74. The van der Waals surface area contributed by atoms with E-state index in [1.54, 1.807) is 6.07 Å². The summed E-state index contributed by atoms with van der Waals surface area (Å²) in [5, 5.41) is 9.83. The molecule has 0 aliphatic carbocycles. The third kappa shape index (κ3) is 3.14. The van der Waals surface area contributed by atoms with Gasteiger partial charge in [-0.3, -0.25) is 9.78 Å². The maximum Gasteiger partial charge on any atom is 0.425 e. The summed E-state index contributed by atoms with van der Waals surface area (Å²) in [4.78, 5) is 12.6. The summed E-state index contributed by atoms with van der Waals surface area (Å²) in [6.07, 6.45) is -4.44. The van der Waals surface area contributed by atoms with Crippen LogP contribution in [0.4, 0.5) is 13.2 Å². The van der Waals surface area contributed by atoms with Crippen LogP contribution in [-0.4, -0.2) is 4.98 Å². The molecule has 0 aliphatic rings. The highest BCUT2D eigenvalue weighted by atomic mass is 32.1. The van der Waals surface area contributed by atoms with Crippen molar-refractivity contribution in [2.45, 2.75) is 6.18 Å². The second kappa shape index (κ2) is 4.78. The molecule has 8 heteroatoms. The molecule has 4 nitrogen and oxygen atoms in total. The number of nitrogens with one attached hydrogen (secondary N) is 1. The van der Waals surface area contributed by atoms with Gasteiger partial charge in [-0.25, -0.2) is 0 Å². The maximum atomic E-state index is 12.4. The van der Waals surface area contributed by atoms with E-state index in [-0.39, 0.29) is 17.2 Å². The van der Waals surface area contributed by atoms with Gasteiger partial charge in [-0.2, -0.15) is 18.4 Å². The number of hydrogen-bond acceptors (Lipinski definition) is 4. The van der Waals surface area contributed by atoms with Gasteiger partial charge in [-0.1, -0.05) is 0 Å². The maximum absolute atomic E-state index is 12.4. The quantitative estimate of drug-likeness (QED) is 0.922. The van der Waals surface area contributed by atoms with Gasteiger partial charge in [0, 0.05) is 23.6 Å². The van der Waals surface area contributed by atoms with Crippen LogP contribution in [-0.2, 0) is 6.18 Å². The van der Waals surface area contributed by atoms with E-state index in [2.05, 4.69) is 4.98 Å². The van der Waals surface area contributed by atoms with Crippen LogP contribution in [0.25, 0.3) is 0 Å². The van der Waals surface area contributed by atoms with Gasteiger partial charge in [0.15, 0.2) is 0 Å². The molecule has 0 saturated carbocycles. The largest absolute Gasteiger partial charge is 0.440 e. The number of rotatable bonds is 2. The van der Waals surface area contributed by atoms with Crippen molar-refractivity contribution in [1.29, 1.82) is 5.26 Å². The SMILES string of the molecule is N#Cc1cc(Oc2csc(C(F)(F)F)c2)[nH]c(=O)c1. The Morgan fingerprint density at radius 2 is 2.05 bits per heavy atom. The number of ether oxygens (including phenoxy) is 1. The molecule has 0 radical (unpaired) electrons. The second-order valence-electron chi connectivity index (χ2n) is 3.46. The Labute approximate surface area is 108 Å². The lowest BCUT2D eigenvalue weighted by Crippen LogP contribution is -2.06. The van der Waals surface area contributed by atoms with Crippen molar-refractivity contribution >= 4 is 11.3 Å². The summed E-state index contributed by atoms with van der Waals surface area (Å²) < 4.78 is 42.2. The average Bonchev–Trinajstić information content (AvgIpc) is 2.76. The van der Waals surface area contributed by atoms with Crippen LogP contribution in [0.2, 0.25) is 0 Å². The number of aromatic nitrogens is 1. The molecule has 0 unspecified atom stereocenters. The highest BCUT2D eigenvalue weighted by Crippen LogP contribution is 2.37. The first kappa shape index (κ1) is 13.2. The summed E-state index contributed by atoms with van der Waals surface area (Å²) in [5.74, 6) is -0.140. The zero-order chi connectivity index (χ0) is 14.0. The minimum absolute atomic E-state index is 0.0527. The van der Waals surface area contributed by atoms with E-state index in [1.807, 2.05) is 0 Å². The van der Waals surface area contributed by atoms with Gasteiger partial charge in [0.05, 0.1) is 11.6 Å². The van der Waals surface area contributed by atoms with Crippen molar-refractivity contribution in [3.63, 3.8) is 0 Å². The predicted octanol–water partition coefficient (Wildman–Crippen LogP) is 3.12. The fourth-order valence-electron chi connectivity index (χ4n) is 1.29. The number of alkyl halides is 3. The van der Waals surface area contributed by atoms with Crippen molar-refractivity contribution in [2.75, 3.05) is 0 Å². The number of aromatic amines is 1. The lowest BCUT2D eigenvalue weighted by atomic mass is 10.3. The summed E-state index contributed by atoms with van der Waals surface area (Å²) in [7, 11) is 0. The molecular weight excluding hydrogens is 281 g/mol. The number of hydrogen-bond donors (Lipinski definition) is 1. The molecule has 0 amide bonds. The molecule has 0 bridgehead atoms. The Bertz CT molecular complexity index is 697. The first-order chi connectivity index (χ1) is 8.88. The van der Waals surface area contributed by atoms with Crippen molar-refractivity contribution in [2.24, 2.45) is 0 Å². The van der Waals surface area contributed by atoms with Gasteiger partial charge in [-0.15, -0.1) is 11.3 Å². The molecule has 0 saturated heterocycles. The Balaban J connectivity index is 2.27. The molecule has 2 rings (SSSR count). The number of pyridine rings is 1. The third-order valence-corrected chi connectivity index (χ3v) is 2.98. The van der Waals surface area contributed by atoms with Crippen molar-refractivity contribution in [1.82, 2.24) is 4.98 Å². The van der Waals surface area contributed by atoms with Gasteiger partial charge in [0.2, 0.25) is 5.88 Å². The van der Waals surface area contributed by atoms with Crippen LogP contribution in [0.5, 0.6) is 11.6 Å². The monoisotopic (exact) mass is 286 g/mol. The Morgan fingerprint density at radius 3 is 2.63 bits per heavy atom. The normalized spacial score (nSPS) is 11.1. The zero-order valence-corrected chi connectivity index (χ0v) is 9.93. The number of thiophene rings is 1. The summed E-state index contributed by atoms with van der Waals surface area (Å²) in [5.41, 5.74) is -0.509. The van der Waals surface area contributed by atoms with Crippen LogP contribution in [0.3, 0.4) is 0 Å². The van der Waals surface area contributed by atoms with Crippen LogP contribution in [0.1, 0.15) is 10.4 Å². The van der Waals surface area contributed by atoms with E-state index in [0.29, 0.717) is 11.3 Å². The standard InChI is InChI=1S/C11H5F3N2O2S/c12-11(13,14)8-3-7(5-19-8)18-10-2-6(4-15)1-9(17)16-10/h1-3,5H,(H,16,17). The Kier molecular flexibility index (Phi) is 3.31. The van der Waals surface area contributed by atoms with E-state index < -0.39 is 16.6 Å². The summed E-state index contributed by atoms with van der Waals surface area (Å²) in [6, 6.07) is 4.85. The Hall–Kier alpha value is -2.27. The van der Waals surface area contributed by atoms with E-state index >= 15 is 0 Å². The summed E-state index contributed by atoms with van der Waals surface area (Å²) in [6.45, 7) is 0. The van der Waals surface area contributed by atoms with Crippen molar-refractivity contribution in [3.8, 4) is 17.7 Å². The molecule has 2 aromatic rings. The number of nitriles is 1. The summed E-state index contributed by atoms with van der Waals surface area (Å²) >= 11 is 0.483. The molecule has 0 atom stereocenters. The van der Waals surface area contributed by atoms with Gasteiger partial charge in [0.25, 0.3) is 5.56 Å². The number of H-pyrrole nitrogens is 1. The van der Waals surface area contributed by atoms with Crippen LogP contribution < -0.4 is 10.3 Å². The minimum atomic E-state index is -4.44. The van der Waals surface area contributed by atoms with Gasteiger partial charge in [-0.05, 0) is 0 Å². The third-order valence-electron chi connectivity index (χ3n) is 2.03. The van der Waals surface area contributed by atoms with E-state index in [9.17, 15) is 18.0 Å². The van der Waals surface area contributed by atoms with Gasteiger partial charge < -0.3 is 4.74 Å². The van der Waals surface area contributed by atoms with Crippen LogP contribution in [0.15, 0.2) is 28.4 Å². The molecule has 98 valence electrons. The van der Waals surface area contributed by atoms with Gasteiger partial charge in [0.1, 0.15) is 10.6 Å². The molecule has 0 aliphatic heterocycles. The second-order valence-corrected chi connectivity index (χ2v) is 4.37. The van der Waals surface area contributed by atoms with Crippen LogP contribution in [0, 0.1) is 11.3 Å². The fourth-order valence-corrected chi connectivity index (χ4v) is 1.96. The molecule has 19 heavy (non-hydrogen) atoms. The fraction of sp³-hybridized carbons (Fsp3) is 0.0909. The number of halogens is 3. The molecule has 0 aromatic carbocycles. The smallest absolute Gasteiger partial charge is 0.425 e. The first-order valence-electron chi connectivity index (χ1n) is 4.86. The van der Waals surface area contributed by atoms with Crippen LogP contribution >= 0.6 is 11.3 Å². The van der Waals surface area contributed by atoms with Crippen molar-refractivity contribution in [3.05, 3.63) is 44.4 Å². The highest BCUT2D eigenvalue weighted by Gasteiger charge is 2.32. The average molecular weight is 286 g/mol. The van der Waals surface area contributed by atoms with E-state index in [0.717, 1.165) is 12.1 Å². The lowest BCUT2D eigenvalue weighted by Gasteiger charge is -2.03. The van der Waals surface area contributed by atoms with Gasteiger partial charge >= 0.3 is 6.18 Å². The minimum Gasteiger partial charge on any atom is -0.440 e. The predicted molar refractivity (Wildman–Crippen MR) is 61.2 cm³/mol. The van der Waals surface area contributed by atoms with E-state index in [4.69, 9.17) is 10.00 Å². The zero-order valence-electron chi connectivity index (χ0n) is 9.12. The molecule has 1 N–H and O–H groups in total.